The Kier molecular flexibility index (Phi) is 5.77. The maximum Gasteiger partial charge on any atom is 0.321 e. The summed E-state index contributed by atoms with van der Waals surface area (Å²) in [6.45, 7) is 0.976. The number of hydrogen-bond acceptors (Lipinski definition) is 2. The van der Waals surface area contributed by atoms with E-state index in [0.29, 0.717) is 41.7 Å². The molecule has 3 amide bonds. The van der Waals surface area contributed by atoms with Crippen LogP contribution in [0.15, 0.2) is 78.9 Å². The van der Waals surface area contributed by atoms with E-state index in [0.717, 1.165) is 11.3 Å². The smallest absolute Gasteiger partial charge is 0.321 e. The average Bonchev–Trinajstić information content (AvgIpc) is 2.86. The van der Waals surface area contributed by atoms with E-state index in [2.05, 4.69) is 17.4 Å². The van der Waals surface area contributed by atoms with Crippen molar-refractivity contribution in [1.82, 2.24) is 4.90 Å². The number of halogens is 2. The number of hydrogen-bond donors (Lipinski definition) is 1. The molecule has 5 rings (SSSR count). The molecule has 1 spiro atoms. The summed E-state index contributed by atoms with van der Waals surface area (Å²) in [5, 5.41) is 3.55. The van der Waals surface area contributed by atoms with Crippen LogP contribution in [0, 0.1) is 5.41 Å². The number of urea groups is 1. The maximum absolute atomic E-state index is 13.5. The van der Waals surface area contributed by atoms with Crippen molar-refractivity contribution in [3.8, 4) is 0 Å². The molecule has 7 heteroatoms. The van der Waals surface area contributed by atoms with E-state index in [4.69, 9.17) is 23.2 Å². The van der Waals surface area contributed by atoms with E-state index in [-0.39, 0.29) is 18.0 Å². The largest absolute Gasteiger partial charge is 0.324 e. The molecule has 2 heterocycles. The second kappa shape index (κ2) is 8.73. The molecule has 2 saturated heterocycles. The van der Waals surface area contributed by atoms with Crippen LogP contribution in [0.5, 0.6) is 0 Å². The minimum Gasteiger partial charge on any atom is -0.324 e. The van der Waals surface area contributed by atoms with Gasteiger partial charge in [-0.25, -0.2) is 4.79 Å². The summed E-state index contributed by atoms with van der Waals surface area (Å²) in [6, 6.07) is 24.8. The fourth-order valence-electron chi connectivity index (χ4n) is 5.00. The predicted molar refractivity (Wildman–Crippen MR) is 132 cm³/mol. The van der Waals surface area contributed by atoms with E-state index in [1.54, 1.807) is 23.1 Å². The molecule has 2 fully saturated rings. The molecule has 2 aliphatic heterocycles. The van der Waals surface area contributed by atoms with Crippen LogP contribution in [0.2, 0.25) is 10.0 Å². The average molecular weight is 480 g/mol. The number of carbonyl (C=O) groups is 2. The molecule has 33 heavy (non-hydrogen) atoms. The molecule has 0 radical (unpaired) electrons. The lowest BCUT2D eigenvalue weighted by atomic mass is 9.62. The summed E-state index contributed by atoms with van der Waals surface area (Å²) in [5.41, 5.74) is 1.98. The van der Waals surface area contributed by atoms with Crippen molar-refractivity contribution >= 4 is 46.5 Å². The van der Waals surface area contributed by atoms with Gasteiger partial charge in [-0.15, -0.1) is 0 Å². The predicted octanol–water partition coefficient (Wildman–Crippen LogP) is 6.40. The molecule has 1 N–H and O–H groups in total. The Hall–Kier alpha value is -3.02. The molecule has 2 aliphatic rings. The van der Waals surface area contributed by atoms with Gasteiger partial charge < -0.3 is 15.1 Å². The van der Waals surface area contributed by atoms with Crippen molar-refractivity contribution < 1.29 is 9.59 Å². The normalized spacial score (nSPS) is 19.3. The van der Waals surface area contributed by atoms with Gasteiger partial charge >= 0.3 is 6.03 Å². The summed E-state index contributed by atoms with van der Waals surface area (Å²) in [5.74, 6) is 0.125. The zero-order valence-corrected chi connectivity index (χ0v) is 19.4. The van der Waals surface area contributed by atoms with Crippen LogP contribution in [0.4, 0.5) is 16.2 Å². The van der Waals surface area contributed by atoms with Crippen LogP contribution in [0.3, 0.4) is 0 Å². The first-order chi connectivity index (χ1) is 16.0. The van der Waals surface area contributed by atoms with Gasteiger partial charge in [-0.2, -0.15) is 0 Å². The Morgan fingerprint density at radius 2 is 1.52 bits per heavy atom. The standard InChI is InChI=1S/C26H23Cl2N3O2/c27-20-12-7-13-21(22(20)28)29-25(33)30-16-14-26(15-17-30)23(18-8-3-1-4-9-18)31(24(26)32)19-10-5-2-6-11-19/h1-13,23H,14-17H2,(H,29,33). The molecule has 5 nitrogen and oxygen atoms in total. The Morgan fingerprint density at radius 1 is 0.879 bits per heavy atom. The second-order valence-corrected chi connectivity index (χ2v) is 9.28. The maximum atomic E-state index is 13.5. The lowest BCUT2D eigenvalue weighted by Crippen LogP contribution is -2.67. The van der Waals surface area contributed by atoms with Crippen molar-refractivity contribution in [2.24, 2.45) is 5.41 Å². The lowest BCUT2D eigenvalue weighted by Gasteiger charge is -2.59. The van der Waals surface area contributed by atoms with Crippen molar-refractivity contribution in [1.29, 1.82) is 0 Å². The summed E-state index contributed by atoms with van der Waals surface area (Å²) >= 11 is 12.3. The van der Waals surface area contributed by atoms with Gasteiger partial charge in [0.15, 0.2) is 0 Å². The summed E-state index contributed by atoms with van der Waals surface area (Å²) in [6.07, 6.45) is 1.21. The van der Waals surface area contributed by atoms with Gasteiger partial charge in [-0.3, -0.25) is 4.79 Å². The molecular weight excluding hydrogens is 457 g/mol. The Morgan fingerprint density at radius 3 is 2.18 bits per heavy atom. The van der Waals surface area contributed by atoms with Crippen molar-refractivity contribution in [3.05, 3.63) is 94.5 Å². The summed E-state index contributed by atoms with van der Waals surface area (Å²) in [4.78, 5) is 30.1. The third-order valence-corrected chi connectivity index (χ3v) is 7.53. The minimum atomic E-state index is -0.512. The zero-order chi connectivity index (χ0) is 23.0. The number of piperidine rings is 1. The molecule has 3 aromatic carbocycles. The number of benzene rings is 3. The third-order valence-electron chi connectivity index (χ3n) is 6.71. The number of para-hydroxylation sites is 1. The van der Waals surface area contributed by atoms with E-state index < -0.39 is 5.41 Å². The number of likely N-dealkylation sites (tertiary alicyclic amines) is 1. The molecule has 0 saturated carbocycles. The number of carbonyl (C=O) groups excluding carboxylic acids is 2. The lowest BCUT2D eigenvalue weighted by molar-refractivity contribution is -0.144. The van der Waals surface area contributed by atoms with Crippen LogP contribution < -0.4 is 10.2 Å². The van der Waals surface area contributed by atoms with Gasteiger partial charge in [0.25, 0.3) is 0 Å². The Balaban J connectivity index is 1.36. The van der Waals surface area contributed by atoms with Crippen molar-refractivity contribution in [2.45, 2.75) is 18.9 Å². The fourth-order valence-corrected chi connectivity index (χ4v) is 5.35. The molecule has 1 atom stereocenters. The molecule has 0 aliphatic carbocycles. The van der Waals surface area contributed by atoms with Crippen LogP contribution in [0.1, 0.15) is 24.4 Å². The number of nitrogens with one attached hydrogen (secondary N) is 1. The number of rotatable bonds is 3. The first kappa shape index (κ1) is 21.8. The quantitative estimate of drug-likeness (QED) is 0.442. The van der Waals surface area contributed by atoms with Gasteiger partial charge in [-0.1, -0.05) is 77.8 Å². The van der Waals surface area contributed by atoms with Gasteiger partial charge in [-0.05, 0) is 42.7 Å². The highest BCUT2D eigenvalue weighted by molar-refractivity contribution is 6.43. The third kappa shape index (κ3) is 3.75. The zero-order valence-electron chi connectivity index (χ0n) is 17.9. The molecule has 0 aromatic heterocycles. The minimum absolute atomic E-state index is 0.0545. The Bertz CT molecular complexity index is 1180. The fraction of sp³-hybridized carbons (Fsp3) is 0.231. The molecule has 3 aromatic rings. The topological polar surface area (TPSA) is 52.7 Å². The van der Waals surface area contributed by atoms with E-state index in [1.807, 2.05) is 53.4 Å². The number of anilines is 2. The highest BCUT2D eigenvalue weighted by Gasteiger charge is 2.62. The molecule has 168 valence electrons. The number of nitrogens with zero attached hydrogens (tertiary/aromatic N) is 2. The van der Waals surface area contributed by atoms with Gasteiger partial charge in [0.2, 0.25) is 5.91 Å². The molecule has 1 unspecified atom stereocenters. The van der Waals surface area contributed by atoms with Crippen LogP contribution >= 0.6 is 23.2 Å². The first-order valence-electron chi connectivity index (χ1n) is 10.9. The molecule has 0 bridgehead atoms. The Labute approximate surface area is 202 Å². The van der Waals surface area contributed by atoms with Crippen molar-refractivity contribution in [3.63, 3.8) is 0 Å². The highest BCUT2D eigenvalue weighted by Crippen LogP contribution is 2.57. The monoisotopic (exact) mass is 479 g/mol. The van der Waals surface area contributed by atoms with Gasteiger partial charge in [0.1, 0.15) is 0 Å². The van der Waals surface area contributed by atoms with Crippen molar-refractivity contribution in [2.75, 3.05) is 23.3 Å². The number of amides is 3. The second-order valence-electron chi connectivity index (χ2n) is 8.50. The first-order valence-corrected chi connectivity index (χ1v) is 11.7. The van der Waals surface area contributed by atoms with Crippen LogP contribution in [-0.4, -0.2) is 29.9 Å². The summed E-state index contributed by atoms with van der Waals surface area (Å²) in [7, 11) is 0. The van der Waals surface area contributed by atoms with E-state index >= 15 is 0 Å². The van der Waals surface area contributed by atoms with E-state index in [1.165, 1.54) is 0 Å². The number of β-lactam (4-membered cyclic amide) rings is 1. The SMILES string of the molecule is O=C(Nc1cccc(Cl)c1Cl)N1CCC2(CC1)C(=O)N(c1ccccc1)C2c1ccccc1. The van der Waals surface area contributed by atoms with E-state index in [9.17, 15) is 9.59 Å². The van der Waals surface area contributed by atoms with Crippen LogP contribution in [0.25, 0.3) is 0 Å². The van der Waals surface area contributed by atoms with Gasteiger partial charge in [0, 0.05) is 18.8 Å². The van der Waals surface area contributed by atoms with Crippen LogP contribution in [-0.2, 0) is 4.79 Å². The highest BCUT2D eigenvalue weighted by atomic mass is 35.5. The van der Waals surface area contributed by atoms with Gasteiger partial charge in [0.05, 0.1) is 27.2 Å². The molecular formula is C26H23Cl2N3O2. The summed E-state index contributed by atoms with van der Waals surface area (Å²) < 4.78 is 0.